The molecule has 0 spiro atoms. The van der Waals surface area contributed by atoms with E-state index in [0.29, 0.717) is 16.5 Å². The Bertz CT molecular complexity index is 627. The smallest absolute Gasteiger partial charge is 0.124 e. The van der Waals surface area contributed by atoms with Gasteiger partial charge in [-0.25, -0.2) is 4.39 Å². The number of benzene rings is 2. The Kier molecular flexibility index (Phi) is 6.13. The van der Waals surface area contributed by atoms with E-state index in [0.717, 1.165) is 21.8 Å². The van der Waals surface area contributed by atoms with Gasteiger partial charge >= 0.3 is 0 Å². The van der Waals surface area contributed by atoms with Crippen LogP contribution in [0.4, 0.5) is 4.39 Å². The third kappa shape index (κ3) is 4.01. The fourth-order valence-corrected chi connectivity index (χ4v) is 4.63. The van der Waals surface area contributed by atoms with Crippen LogP contribution in [0.1, 0.15) is 11.1 Å². The van der Waals surface area contributed by atoms with Crippen molar-refractivity contribution in [1.82, 2.24) is 0 Å². The SMILES string of the molecule is Fc1ccc(CC(CBr)(CBr)c2cccc(Cl)c2)c(Cl)c1. The summed E-state index contributed by atoms with van der Waals surface area (Å²) in [6, 6.07) is 12.3. The van der Waals surface area contributed by atoms with Crippen LogP contribution in [0.5, 0.6) is 0 Å². The van der Waals surface area contributed by atoms with Gasteiger partial charge in [-0.2, -0.15) is 0 Å². The van der Waals surface area contributed by atoms with Gasteiger partial charge in [-0.1, -0.05) is 73.3 Å². The lowest BCUT2D eigenvalue weighted by Gasteiger charge is -2.31. The van der Waals surface area contributed by atoms with E-state index in [4.69, 9.17) is 23.2 Å². The Morgan fingerprint density at radius 3 is 2.29 bits per heavy atom. The highest BCUT2D eigenvalue weighted by molar-refractivity contribution is 9.09. The zero-order valence-electron chi connectivity index (χ0n) is 11.1. The van der Waals surface area contributed by atoms with Crippen molar-refractivity contribution in [2.75, 3.05) is 10.7 Å². The van der Waals surface area contributed by atoms with Crippen molar-refractivity contribution < 1.29 is 4.39 Å². The molecule has 21 heavy (non-hydrogen) atoms. The third-order valence-corrected chi connectivity index (χ3v) is 6.23. The molecular formula is C16H13Br2Cl2F. The highest BCUT2D eigenvalue weighted by Crippen LogP contribution is 2.35. The molecule has 0 aliphatic heterocycles. The average molecular weight is 455 g/mol. The maximum Gasteiger partial charge on any atom is 0.124 e. The summed E-state index contributed by atoms with van der Waals surface area (Å²) in [7, 11) is 0. The van der Waals surface area contributed by atoms with E-state index >= 15 is 0 Å². The minimum absolute atomic E-state index is 0.202. The molecule has 0 amide bonds. The van der Waals surface area contributed by atoms with Gasteiger partial charge < -0.3 is 0 Å². The first-order valence-electron chi connectivity index (χ1n) is 6.33. The molecule has 112 valence electrons. The molecule has 0 bridgehead atoms. The third-order valence-electron chi connectivity index (χ3n) is 3.49. The normalized spacial score (nSPS) is 11.7. The van der Waals surface area contributed by atoms with Crippen LogP contribution in [-0.4, -0.2) is 10.7 Å². The molecule has 0 unspecified atom stereocenters. The van der Waals surface area contributed by atoms with Gasteiger partial charge in [0.25, 0.3) is 0 Å². The second-order valence-electron chi connectivity index (χ2n) is 4.97. The fourth-order valence-electron chi connectivity index (χ4n) is 2.23. The van der Waals surface area contributed by atoms with E-state index in [9.17, 15) is 4.39 Å². The van der Waals surface area contributed by atoms with Gasteiger partial charge in [-0.05, 0) is 41.8 Å². The van der Waals surface area contributed by atoms with Crippen molar-refractivity contribution in [3.05, 3.63) is 69.5 Å². The summed E-state index contributed by atoms with van der Waals surface area (Å²) in [6.45, 7) is 0. The summed E-state index contributed by atoms with van der Waals surface area (Å²) >= 11 is 19.5. The topological polar surface area (TPSA) is 0 Å². The van der Waals surface area contributed by atoms with Crippen LogP contribution in [-0.2, 0) is 11.8 Å². The highest BCUT2D eigenvalue weighted by atomic mass is 79.9. The van der Waals surface area contributed by atoms with Crippen LogP contribution >= 0.6 is 55.1 Å². The monoisotopic (exact) mass is 452 g/mol. The predicted molar refractivity (Wildman–Crippen MR) is 95.8 cm³/mol. The Hall–Kier alpha value is -0.0900. The number of alkyl halides is 2. The van der Waals surface area contributed by atoms with Crippen LogP contribution in [0.2, 0.25) is 10.0 Å². The van der Waals surface area contributed by atoms with Crippen molar-refractivity contribution in [2.45, 2.75) is 11.8 Å². The molecule has 5 heteroatoms. The van der Waals surface area contributed by atoms with Crippen molar-refractivity contribution in [2.24, 2.45) is 0 Å². The van der Waals surface area contributed by atoms with Crippen LogP contribution < -0.4 is 0 Å². The van der Waals surface area contributed by atoms with Crippen LogP contribution in [0.15, 0.2) is 42.5 Å². The second-order valence-corrected chi connectivity index (χ2v) is 6.94. The molecule has 2 aromatic rings. The van der Waals surface area contributed by atoms with Crippen LogP contribution in [0.25, 0.3) is 0 Å². The van der Waals surface area contributed by atoms with E-state index < -0.39 is 0 Å². The maximum absolute atomic E-state index is 13.2. The number of rotatable bonds is 5. The molecule has 0 aromatic heterocycles. The predicted octanol–water partition coefficient (Wildman–Crippen LogP) is 6.40. The molecular weight excluding hydrogens is 442 g/mol. The van der Waals surface area contributed by atoms with Crippen molar-refractivity contribution in [3.63, 3.8) is 0 Å². The van der Waals surface area contributed by atoms with Crippen LogP contribution in [0, 0.1) is 5.82 Å². The van der Waals surface area contributed by atoms with E-state index in [-0.39, 0.29) is 11.2 Å². The van der Waals surface area contributed by atoms with Crippen molar-refractivity contribution in [1.29, 1.82) is 0 Å². The zero-order chi connectivity index (χ0) is 15.5. The van der Waals surface area contributed by atoms with E-state index in [1.165, 1.54) is 12.1 Å². The molecule has 0 atom stereocenters. The molecule has 0 fully saturated rings. The quantitative estimate of drug-likeness (QED) is 0.458. The lowest BCUT2D eigenvalue weighted by molar-refractivity contribution is 0.549. The standard InChI is InChI=1S/C16H13Br2Cl2F/c17-9-16(10-18,12-2-1-3-13(19)6-12)8-11-4-5-14(21)7-15(11)20/h1-7H,8-10H2. The molecule has 0 N–H and O–H groups in total. The molecule has 0 radical (unpaired) electrons. The molecule has 0 nitrogen and oxygen atoms in total. The van der Waals surface area contributed by atoms with E-state index in [1.54, 1.807) is 6.07 Å². The summed E-state index contributed by atoms with van der Waals surface area (Å²) in [5.41, 5.74) is 1.83. The highest BCUT2D eigenvalue weighted by Gasteiger charge is 2.31. The lowest BCUT2D eigenvalue weighted by Crippen LogP contribution is -2.33. The number of hydrogen-bond donors (Lipinski definition) is 0. The first-order valence-corrected chi connectivity index (χ1v) is 9.32. The lowest BCUT2D eigenvalue weighted by atomic mass is 9.79. The van der Waals surface area contributed by atoms with Gasteiger partial charge in [-0.15, -0.1) is 0 Å². The van der Waals surface area contributed by atoms with Gasteiger partial charge in [0.2, 0.25) is 0 Å². The van der Waals surface area contributed by atoms with Crippen LogP contribution in [0.3, 0.4) is 0 Å². The number of halogens is 5. The molecule has 2 rings (SSSR count). The average Bonchev–Trinajstić information content (AvgIpc) is 2.47. The molecule has 0 aliphatic carbocycles. The number of hydrogen-bond acceptors (Lipinski definition) is 0. The largest absolute Gasteiger partial charge is 0.207 e. The molecule has 0 saturated carbocycles. The van der Waals surface area contributed by atoms with E-state index in [2.05, 4.69) is 31.9 Å². The Labute approximate surface area is 150 Å². The van der Waals surface area contributed by atoms with E-state index in [1.807, 2.05) is 24.3 Å². The Morgan fingerprint density at radius 2 is 1.71 bits per heavy atom. The van der Waals surface area contributed by atoms with Gasteiger partial charge in [0.05, 0.1) is 0 Å². The summed E-state index contributed by atoms with van der Waals surface area (Å²) in [4.78, 5) is 0. The minimum Gasteiger partial charge on any atom is -0.207 e. The Morgan fingerprint density at radius 1 is 1.00 bits per heavy atom. The summed E-state index contributed by atoms with van der Waals surface area (Å²) < 4.78 is 13.2. The molecule has 2 aromatic carbocycles. The summed E-state index contributed by atoms with van der Waals surface area (Å²) in [5, 5.41) is 2.62. The first kappa shape index (κ1) is 17.3. The Balaban J connectivity index is 2.43. The summed E-state index contributed by atoms with van der Waals surface area (Å²) in [6.07, 6.45) is 0.683. The molecule has 0 aliphatic rings. The minimum atomic E-state index is -0.324. The van der Waals surface area contributed by atoms with Gasteiger partial charge in [0, 0.05) is 26.1 Å². The van der Waals surface area contributed by atoms with Crippen molar-refractivity contribution in [3.8, 4) is 0 Å². The molecule has 0 saturated heterocycles. The maximum atomic E-state index is 13.2. The zero-order valence-corrected chi connectivity index (χ0v) is 15.7. The molecule has 0 heterocycles. The fraction of sp³-hybridized carbons (Fsp3) is 0.250. The summed E-state index contributed by atoms with van der Waals surface area (Å²) in [5.74, 6) is -0.324. The first-order chi connectivity index (χ1) is 10.0. The van der Waals surface area contributed by atoms with Gasteiger partial charge in [0.1, 0.15) is 5.82 Å². The van der Waals surface area contributed by atoms with Crippen molar-refractivity contribution >= 4 is 55.1 Å². The van der Waals surface area contributed by atoms with Gasteiger partial charge in [0.15, 0.2) is 0 Å². The second kappa shape index (κ2) is 7.45. The van der Waals surface area contributed by atoms with Gasteiger partial charge in [-0.3, -0.25) is 0 Å².